The Labute approximate surface area is 280 Å². The highest BCUT2D eigenvalue weighted by Crippen LogP contribution is 2.29. The molecule has 1 aromatic heterocycles. The van der Waals surface area contributed by atoms with E-state index in [2.05, 4.69) is 41.9 Å². The van der Waals surface area contributed by atoms with Crippen LogP contribution in [0.3, 0.4) is 0 Å². The van der Waals surface area contributed by atoms with E-state index >= 15 is 0 Å². The molecular weight excluding hydrogens is 606 g/mol. The summed E-state index contributed by atoms with van der Waals surface area (Å²) in [5.41, 5.74) is 10.7. The van der Waals surface area contributed by atoms with E-state index in [0.29, 0.717) is 36.0 Å². The van der Waals surface area contributed by atoms with Crippen LogP contribution in [0, 0.1) is 11.8 Å². The lowest BCUT2D eigenvalue weighted by Gasteiger charge is -2.28. The Morgan fingerprint density at radius 1 is 0.812 bits per heavy atom. The van der Waals surface area contributed by atoms with Crippen LogP contribution in [0.4, 0.5) is 5.69 Å². The smallest absolute Gasteiger partial charge is 0.251 e. The Morgan fingerprint density at radius 3 is 2.08 bits per heavy atom. The van der Waals surface area contributed by atoms with Crippen molar-refractivity contribution in [1.29, 1.82) is 0 Å². The lowest BCUT2D eigenvalue weighted by Crippen LogP contribution is -2.48. The van der Waals surface area contributed by atoms with Crippen molar-refractivity contribution in [1.82, 2.24) is 36.6 Å². The van der Waals surface area contributed by atoms with Crippen molar-refractivity contribution in [3.8, 4) is 22.5 Å². The molecule has 1 aliphatic carbocycles. The van der Waals surface area contributed by atoms with Crippen LogP contribution in [0.2, 0.25) is 0 Å². The van der Waals surface area contributed by atoms with Gasteiger partial charge in [0.05, 0.1) is 0 Å². The van der Waals surface area contributed by atoms with Gasteiger partial charge in [-0.1, -0.05) is 36.4 Å². The van der Waals surface area contributed by atoms with Crippen LogP contribution in [-0.4, -0.2) is 70.1 Å². The molecule has 6 rings (SSSR count). The summed E-state index contributed by atoms with van der Waals surface area (Å²) in [6, 6.07) is 22.1. The van der Waals surface area contributed by atoms with E-state index in [0.717, 1.165) is 73.9 Å². The molecule has 12 nitrogen and oxygen atoms in total. The first-order chi connectivity index (χ1) is 23.4. The highest BCUT2D eigenvalue weighted by Gasteiger charge is 2.29. The molecule has 48 heavy (non-hydrogen) atoms. The van der Waals surface area contributed by atoms with Crippen molar-refractivity contribution in [3.63, 3.8) is 0 Å². The summed E-state index contributed by atoms with van der Waals surface area (Å²) in [6.45, 7) is 2.48. The lowest BCUT2D eigenvalue weighted by atomic mass is 9.81. The van der Waals surface area contributed by atoms with Gasteiger partial charge in [-0.25, -0.2) is 0 Å². The van der Waals surface area contributed by atoms with Gasteiger partial charge < -0.3 is 27.0 Å². The van der Waals surface area contributed by atoms with E-state index < -0.39 is 6.04 Å². The van der Waals surface area contributed by atoms with Gasteiger partial charge in [0.15, 0.2) is 0 Å². The third kappa shape index (κ3) is 8.50. The Morgan fingerprint density at radius 2 is 1.46 bits per heavy atom. The van der Waals surface area contributed by atoms with Crippen molar-refractivity contribution in [2.75, 3.05) is 25.0 Å². The van der Waals surface area contributed by atoms with Gasteiger partial charge in [-0.2, -0.15) is 5.21 Å². The highest BCUT2D eigenvalue weighted by atomic mass is 16.2. The molecule has 4 aromatic rings. The van der Waals surface area contributed by atoms with Crippen LogP contribution >= 0.6 is 0 Å². The summed E-state index contributed by atoms with van der Waals surface area (Å²) in [4.78, 5) is 39.7. The molecule has 3 amide bonds. The Kier molecular flexibility index (Phi) is 10.8. The lowest BCUT2D eigenvalue weighted by molar-refractivity contribution is -0.130. The molecule has 0 spiro atoms. The Bertz CT molecular complexity index is 1640. The minimum atomic E-state index is -0.773. The number of rotatable bonds is 11. The zero-order valence-electron chi connectivity index (χ0n) is 27.0. The van der Waals surface area contributed by atoms with Crippen LogP contribution in [0.5, 0.6) is 0 Å². The number of hydrogen-bond acceptors (Lipinski definition) is 8. The normalized spacial score (nSPS) is 18.9. The molecule has 0 unspecified atom stereocenters. The van der Waals surface area contributed by atoms with Gasteiger partial charge in [0, 0.05) is 35.2 Å². The summed E-state index contributed by atoms with van der Waals surface area (Å²) >= 11 is 0. The van der Waals surface area contributed by atoms with E-state index in [4.69, 9.17) is 5.73 Å². The maximum absolute atomic E-state index is 13.6. The van der Waals surface area contributed by atoms with Gasteiger partial charge in [0.1, 0.15) is 6.04 Å². The predicted molar refractivity (Wildman–Crippen MR) is 184 cm³/mol. The van der Waals surface area contributed by atoms with Gasteiger partial charge in [-0.3, -0.25) is 14.4 Å². The van der Waals surface area contributed by atoms with E-state index in [1.165, 1.54) is 0 Å². The minimum absolute atomic E-state index is 0.0505. The third-order valence-corrected chi connectivity index (χ3v) is 9.49. The van der Waals surface area contributed by atoms with Crippen molar-refractivity contribution in [2.24, 2.45) is 17.6 Å². The zero-order valence-corrected chi connectivity index (χ0v) is 27.0. The molecule has 12 heteroatoms. The Balaban J connectivity index is 1.11. The molecule has 7 N–H and O–H groups in total. The number of H-pyrrole nitrogens is 1. The number of carbonyl (C=O) groups is 3. The number of carbonyl (C=O) groups excluding carboxylic acids is 3. The fraction of sp³-hybridized carbons (Fsp3) is 0.389. The molecule has 0 radical (unpaired) electrons. The molecular formula is C36H43N9O3. The number of aromatic amines is 1. The van der Waals surface area contributed by atoms with Crippen LogP contribution in [0.15, 0.2) is 72.8 Å². The van der Waals surface area contributed by atoms with Gasteiger partial charge >= 0.3 is 0 Å². The summed E-state index contributed by atoms with van der Waals surface area (Å²) in [7, 11) is 0. The minimum Gasteiger partial charge on any atom is -0.349 e. The predicted octanol–water partition coefficient (Wildman–Crippen LogP) is 3.45. The maximum atomic E-state index is 13.6. The number of nitrogens with zero attached hydrogens (tertiary/aromatic N) is 3. The number of aromatic nitrogens is 4. The van der Waals surface area contributed by atoms with E-state index in [9.17, 15) is 14.4 Å². The third-order valence-electron chi connectivity index (χ3n) is 9.49. The maximum Gasteiger partial charge on any atom is 0.251 e. The average molecular weight is 650 g/mol. The summed E-state index contributed by atoms with van der Waals surface area (Å²) in [6.07, 6.45) is 5.58. The van der Waals surface area contributed by atoms with Crippen molar-refractivity contribution >= 4 is 23.4 Å². The first-order valence-corrected chi connectivity index (χ1v) is 16.8. The molecule has 1 saturated heterocycles. The van der Waals surface area contributed by atoms with E-state index in [-0.39, 0.29) is 29.7 Å². The fourth-order valence-electron chi connectivity index (χ4n) is 6.49. The summed E-state index contributed by atoms with van der Waals surface area (Å²) in [5, 5.41) is 26.5. The molecule has 2 heterocycles. The standard InChI is InChI=1S/C36H43N9O3/c37-22-24-3-7-28(8-4-24)35(47)41-32(36(48)40-30-15-13-27(14-16-30)33-42-44-45-43-33)21-23-1-5-25(6-2-23)26-9-11-29(12-10-26)34(46)39-31-17-19-38-20-18-31/h1-2,5-6,9-16,24,28,31-32,38H,3-4,7-8,17-22,37H2,(H,39,46)(H,40,48)(H,41,47)(H,42,43,44,45)/t24?,28?,32-/m0/s1. The average Bonchev–Trinajstić information content (AvgIpc) is 3.68. The fourth-order valence-corrected chi connectivity index (χ4v) is 6.49. The van der Waals surface area contributed by atoms with Gasteiger partial charge in [0.2, 0.25) is 17.6 Å². The highest BCUT2D eigenvalue weighted by molar-refractivity contribution is 5.98. The summed E-state index contributed by atoms with van der Waals surface area (Å²) < 4.78 is 0. The number of hydrogen-bond donors (Lipinski definition) is 6. The second kappa shape index (κ2) is 15.8. The van der Waals surface area contributed by atoms with Crippen LogP contribution in [0.25, 0.3) is 22.5 Å². The molecule has 250 valence electrons. The van der Waals surface area contributed by atoms with Crippen molar-refractivity contribution in [3.05, 3.63) is 83.9 Å². The van der Waals surface area contributed by atoms with Crippen LogP contribution in [0.1, 0.15) is 54.4 Å². The first-order valence-electron chi connectivity index (χ1n) is 16.8. The van der Waals surface area contributed by atoms with Gasteiger partial charge in [0.25, 0.3) is 5.91 Å². The topological polar surface area (TPSA) is 180 Å². The van der Waals surface area contributed by atoms with E-state index in [1.54, 1.807) is 24.3 Å². The number of nitrogens with two attached hydrogens (primary N) is 1. The Hall–Kier alpha value is -4.94. The molecule has 1 saturated carbocycles. The zero-order chi connectivity index (χ0) is 33.3. The number of nitrogens with one attached hydrogen (secondary N) is 5. The second-order valence-electron chi connectivity index (χ2n) is 12.8. The number of tetrazole rings is 1. The molecule has 1 atom stereocenters. The monoisotopic (exact) mass is 649 g/mol. The largest absolute Gasteiger partial charge is 0.349 e. The van der Waals surface area contributed by atoms with Crippen molar-refractivity contribution < 1.29 is 14.4 Å². The summed E-state index contributed by atoms with van der Waals surface area (Å²) in [5.74, 6) is 0.331. The van der Waals surface area contributed by atoms with Crippen LogP contribution < -0.4 is 27.0 Å². The SMILES string of the molecule is NCC1CCC(C(=O)N[C@@H](Cc2ccc(-c3ccc(C(=O)NC4CCNCC4)cc3)cc2)C(=O)Nc2ccc(-c3nn[nH]n3)cc2)CC1. The van der Waals surface area contributed by atoms with E-state index in [1.807, 2.05) is 48.5 Å². The quantitative estimate of drug-likeness (QED) is 0.143. The molecule has 3 aromatic carbocycles. The molecule has 2 fully saturated rings. The van der Waals surface area contributed by atoms with Gasteiger partial charge in [-0.15, -0.1) is 10.2 Å². The number of piperidine rings is 1. The number of benzene rings is 3. The first kappa shape index (κ1) is 33.0. The second-order valence-corrected chi connectivity index (χ2v) is 12.8. The molecule has 0 bridgehead atoms. The molecule has 2 aliphatic rings. The number of amides is 3. The van der Waals surface area contributed by atoms with Gasteiger partial charge in [-0.05, 0) is 122 Å². The number of anilines is 1. The molecule has 1 aliphatic heterocycles. The van der Waals surface area contributed by atoms with Crippen LogP contribution in [-0.2, 0) is 16.0 Å². The van der Waals surface area contributed by atoms with Crippen molar-refractivity contribution in [2.45, 2.75) is 57.0 Å².